The van der Waals surface area contributed by atoms with E-state index in [1.807, 2.05) is 0 Å². The number of anilines is 1. The molecule has 1 amide bonds. The Morgan fingerprint density at radius 1 is 1.52 bits per heavy atom. The van der Waals surface area contributed by atoms with Crippen LogP contribution in [0.2, 0.25) is 0 Å². The monoisotopic (exact) mass is 311 g/mol. The molecule has 10 heteroatoms. The average Bonchev–Trinajstić information content (AvgIpc) is 3.05. The molecule has 2 aromatic rings. The lowest BCUT2D eigenvalue weighted by molar-refractivity contribution is -0.380. The topological polar surface area (TPSA) is 125 Å². The van der Waals surface area contributed by atoms with Gasteiger partial charge in [0.25, 0.3) is 5.91 Å². The summed E-state index contributed by atoms with van der Waals surface area (Å²) in [5, 5.41) is 16.2. The van der Waals surface area contributed by atoms with Crippen molar-refractivity contribution in [3.05, 3.63) is 39.0 Å². The Hall–Kier alpha value is -2.75. The third kappa shape index (κ3) is 3.86. The highest BCUT2D eigenvalue weighted by atomic mass is 32.1. The van der Waals surface area contributed by atoms with E-state index < -0.39 is 23.4 Å². The third-order valence-electron chi connectivity index (χ3n) is 2.20. The predicted molar refractivity (Wildman–Crippen MR) is 71.1 cm³/mol. The van der Waals surface area contributed by atoms with Crippen molar-refractivity contribution in [1.29, 1.82) is 0 Å². The van der Waals surface area contributed by atoms with Gasteiger partial charge in [0.15, 0.2) is 12.4 Å². The zero-order valence-corrected chi connectivity index (χ0v) is 11.5. The molecule has 0 aliphatic heterocycles. The number of nitrogens with one attached hydrogen (secondary N) is 1. The third-order valence-corrected chi connectivity index (χ3v) is 3.22. The van der Waals surface area contributed by atoms with Crippen molar-refractivity contribution >= 4 is 34.0 Å². The number of esters is 1. The van der Waals surface area contributed by atoms with Gasteiger partial charge in [-0.2, -0.15) is 0 Å². The van der Waals surface area contributed by atoms with Crippen molar-refractivity contribution in [1.82, 2.24) is 5.16 Å². The number of thiophene rings is 1. The van der Waals surface area contributed by atoms with E-state index in [0.29, 0.717) is 17.1 Å². The van der Waals surface area contributed by atoms with Gasteiger partial charge in [-0.25, -0.2) is 4.79 Å². The van der Waals surface area contributed by atoms with E-state index in [1.54, 1.807) is 6.92 Å². The molecule has 0 atom stereocenters. The van der Waals surface area contributed by atoms with Crippen LogP contribution < -0.4 is 5.32 Å². The summed E-state index contributed by atoms with van der Waals surface area (Å²) in [5.41, 5.74) is 0. The van der Waals surface area contributed by atoms with Gasteiger partial charge in [0.2, 0.25) is 0 Å². The van der Waals surface area contributed by atoms with Crippen molar-refractivity contribution < 1.29 is 23.8 Å². The van der Waals surface area contributed by atoms with E-state index in [9.17, 15) is 19.7 Å². The summed E-state index contributed by atoms with van der Waals surface area (Å²) in [4.78, 5) is 33.0. The smallest absolute Gasteiger partial charge is 0.349 e. The number of aromatic nitrogens is 1. The number of carbonyl (C=O) groups excluding carboxylic acids is 2. The molecule has 2 heterocycles. The van der Waals surface area contributed by atoms with Gasteiger partial charge < -0.3 is 14.6 Å². The number of hydrogen-bond acceptors (Lipinski definition) is 8. The molecule has 110 valence electrons. The molecule has 0 unspecified atom stereocenters. The normalized spacial score (nSPS) is 10.1. The lowest BCUT2D eigenvalue weighted by atomic mass is 10.4. The van der Waals surface area contributed by atoms with Gasteiger partial charge in [0.1, 0.15) is 10.6 Å². The van der Waals surface area contributed by atoms with Crippen molar-refractivity contribution in [2.45, 2.75) is 6.92 Å². The van der Waals surface area contributed by atoms with Crippen molar-refractivity contribution in [3.63, 3.8) is 0 Å². The van der Waals surface area contributed by atoms with E-state index in [2.05, 4.69) is 10.5 Å². The van der Waals surface area contributed by atoms with E-state index in [4.69, 9.17) is 9.26 Å². The molecule has 0 fully saturated rings. The Bertz CT molecular complexity index is 692. The Kier molecular flexibility index (Phi) is 4.28. The molecule has 0 aliphatic carbocycles. The fraction of sp³-hybridized carbons (Fsp3) is 0.182. The van der Waals surface area contributed by atoms with Gasteiger partial charge in [0, 0.05) is 12.1 Å². The zero-order valence-electron chi connectivity index (χ0n) is 10.7. The lowest BCUT2D eigenvalue weighted by Crippen LogP contribution is -2.20. The van der Waals surface area contributed by atoms with Crippen LogP contribution in [0.4, 0.5) is 10.8 Å². The first-order chi connectivity index (χ1) is 9.95. The number of rotatable bonds is 5. The molecule has 1 N–H and O–H groups in total. The quantitative estimate of drug-likeness (QED) is 0.506. The van der Waals surface area contributed by atoms with Gasteiger partial charge in [-0.1, -0.05) is 16.5 Å². The van der Waals surface area contributed by atoms with Crippen molar-refractivity contribution in [3.8, 4) is 0 Å². The van der Waals surface area contributed by atoms with Gasteiger partial charge in [-0.15, -0.1) is 0 Å². The molecular weight excluding hydrogens is 302 g/mol. The Balaban J connectivity index is 1.85. The molecule has 21 heavy (non-hydrogen) atoms. The highest BCUT2D eigenvalue weighted by Gasteiger charge is 2.17. The number of amides is 1. The highest BCUT2D eigenvalue weighted by molar-refractivity contribution is 7.17. The van der Waals surface area contributed by atoms with Crippen molar-refractivity contribution in [2.24, 2.45) is 0 Å². The summed E-state index contributed by atoms with van der Waals surface area (Å²) in [7, 11) is 0. The number of carbonyl (C=O) groups is 2. The Morgan fingerprint density at radius 3 is 2.86 bits per heavy atom. The number of hydrogen-bond donors (Lipinski definition) is 1. The molecule has 9 nitrogen and oxygen atoms in total. The minimum absolute atomic E-state index is 0.0479. The molecule has 0 aliphatic rings. The maximum Gasteiger partial charge on any atom is 0.349 e. The number of aryl methyl sites for hydroxylation is 1. The minimum Gasteiger partial charge on any atom is -0.451 e. The second kappa shape index (κ2) is 6.13. The van der Waals surface area contributed by atoms with Crippen LogP contribution in [0.5, 0.6) is 0 Å². The lowest BCUT2D eigenvalue weighted by Gasteiger charge is -2.02. The first-order valence-electron chi connectivity index (χ1n) is 5.60. The first-order valence-corrected chi connectivity index (χ1v) is 6.42. The molecule has 0 saturated heterocycles. The minimum atomic E-state index is -0.806. The summed E-state index contributed by atoms with van der Waals surface area (Å²) < 4.78 is 9.49. The maximum atomic E-state index is 11.6. The van der Waals surface area contributed by atoms with E-state index in [0.717, 1.165) is 0 Å². The van der Waals surface area contributed by atoms with Crippen LogP contribution in [-0.2, 0) is 9.53 Å². The summed E-state index contributed by atoms with van der Waals surface area (Å²) >= 11 is 0.675. The molecule has 0 spiro atoms. The molecule has 2 aromatic heterocycles. The van der Waals surface area contributed by atoms with Crippen LogP contribution in [0.15, 0.2) is 22.7 Å². The predicted octanol–water partition coefficient (Wildman–Crippen LogP) is 1.75. The number of ether oxygens (including phenoxy) is 1. The first kappa shape index (κ1) is 14.7. The molecule has 2 rings (SSSR count). The maximum absolute atomic E-state index is 11.6. The summed E-state index contributed by atoms with van der Waals surface area (Å²) in [6.45, 7) is 1.13. The van der Waals surface area contributed by atoms with Gasteiger partial charge in [0.05, 0.1) is 4.92 Å². The average molecular weight is 311 g/mol. The van der Waals surface area contributed by atoms with Crippen LogP contribution in [0.25, 0.3) is 0 Å². The SMILES string of the molecule is Cc1cc(NC(=O)COC(=O)c2ccc([N+](=O)[O-])s2)no1. The highest BCUT2D eigenvalue weighted by Crippen LogP contribution is 2.24. The standard InChI is InChI=1S/C11H9N3O6S/c1-6-4-8(13-20-6)12-9(15)5-19-11(16)7-2-3-10(21-7)14(17)18/h2-4H,5H2,1H3,(H,12,13,15). The summed E-state index contributed by atoms with van der Waals surface area (Å²) in [6, 6.07) is 3.96. The van der Waals surface area contributed by atoms with Crippen LogP contribution in [0.3, 0.4) is 0 Å². The van der Waals surface area contributed by atoms with Crippen molar-refractivity contribution in [2.75, 3.05) is 11.9 Å². The van der Waals surface area contributed by atoms with Crippen LogP contribution in [-0.4, -0.2) is 28.6 Å². The van der Waals surface area contributed by atoms with Gasteiger partial charge in [-0.3, -0.25) is 14.9 Å². The number of nitro groups is 1. The largest absolute Gasteiger partial charge is 0.451 e. The zero-order chi connectivity index (χ0) is 15.4. The summed E-state index contributed by atoms with van der Waals surface area (Å²) in [5.74, 6) is -0.671. The molecule has 0 saturated carbocycles. The van der Waals surface area contributed by atoms with Crippen LogP contribution >= 0.6 is 11.3 Å². The van der Waals surface area contributed by atoms with Crippen LogP contribution in [0, 0.1) is 17.0 Å². The van der Waals surface area contributed by atoms with Crippen LogP contribution in [0.1, 0.15) is 15.4 Å². The van der Waals surface area contributed by atoms with E-state index >= 15 is 0 Å². The number of nitrogens with zero attached hydrogens (tertiary/aromatic N) is 2. The summed E-state index contributed by atoms with van der Waals surface area (Å²) in [6.07, 6.45) is 0. The Labute approximate surface area is 121 Å². The van der Waals surface area contributed by atoms with Gasteiger partial charge in [-0.05, 0) is 13.0 Å². The fourth-order valence-corrected chi connectivity index (χ4v) is 2.06. The Morgan fingerprint density at radius 2 is 2.29 bits per heavy atom. The molecule has 0 aromatic carbocycles. The molecule has 0 radical (unpaired) electrons. The van der Waals surface area contributed by atoms with E-state index in [-0.39, 0.29) is 15.7 Å². The second-order valence-electron chi connectivity index (χ2n) is 3.84. The van der Waals surface area contributed by atoms with Gasteiger partial charge >= 0.3 is 11.0 Å². The second-order valence-corrected chi connectivity index (χ2v) is 4.90. The van der Waals surface area contributed by atoms with E-state index in [1.165, 1.54) is 18.2 Å². The molecular formula is C11H9N3O6S. The fourth-order valence-electron chi connectivity index (χ4n) is 1.34. The molecule has 0 bridgehead atoms.